The van der Waals surface area contributed by atoms with Crippen molar-refractivity contribution in [3.05, 3.63) is 17.0 Å². The second-order valence-electron chi connectivity index (χ2n) is 4.86. The molecule has 0 saturated carbocycles. The minimum absolute atomic E-state index is 0.00306. The van der Waals surface area contributed by atoms with Gasteiger partial charge in [-0.1, -0.05) is 0 Å². The van der Waals surface area contributed by atoms with Crippen molar-refractivity contribution in [2.24, 2.45) is 0 Å². The van der Waals surface area contributed by atoms with Crippen molar-refractivity contribution >= 4 is 5.91 Å². The number of carbonyl (C=O) groups excluding carboxylic acids is 1. The number of amides is 1. The molecule has 1 aliphatic rings. The number of hydrogen-bond donors (Lipinski definition) is 2. The number of H-pyrrole nitrogens is 1. The zero-order valence-corrected chi connectivity index (χ0v) is 10.7. The number of nitrogens with zero attached hydrogens (tertiary/aromatic N) is 2. The van der Waals surface area contributed by atoms with E-state index in [-0.39, 0.29) is 5.91 Å². The fraction of sp³-hybridized carbons (Fsp3) is 0.667. The fourth-order valence-corrected chi connectivity index (χ4v) is 2.30. The number of aryl methyl sites for hydroxylation is 2. The lowest BCUT2D eigenvalue weighted by molar-refractivity contribution is 0.0915. The molecule has 0 bridgehead atoms. The SMILES string of the molecule is Cc1n[nH]c(C)c1C(=O)NC1CCN(C)CC1. The molecule has 17 heavy (non-hydrogen) atoms. The Morgan fingerprint density at radius 1 is 1.41 bits per heavy atom. The molecule has 0 aromatic carbocycles. The molecule has 1 fully saturated rings. The van der Waals surface area contributed by atoms with Gasteiger partial charge in [0, 0.05) is 11.7 Å². The van der Waals surface area contributed by atoms with Gasteiger partial charge >= 0.3 is 0 Å². The van der Waals surface area contributed by atoms with E-state index in [1.807, 2.05) is 13.8 Å². The predicted molar refractivity (Wildman–Crippen MR) is 66.0 cm³/mol. The lowest BCUT2D eigenvalue weighted by Crippen LogP contribution is -2.43. The molecular weight excluding hydrogens is 216 g/mol. The highest BCUT2D eigenvalue weighted by Gasteiger charge is 2.21. The maximum atomic E-state index is 12.1. The van der Waals surface area contributed by atoms with Crippen LogP contribution in [0.5, 0.6) is 0 Å². The minimum atomic E-state index is 0.00306. The molecule has 2 N–H and O–H groups in total. The molecule has 1 amide bonds. The minimum Gasteiger partial charge on any atom is -0.349 e. The van der Waals surface area contributed by atoms with Crippen LogP contribution >= 0.6 is 0 Å². The van der Waals surface area contributed by atoms with Gasteiger partial charge in [-0.25, -0.2) is 0 Å². The molecule has 1 aliphatic heterocycles. The van der Waals surface area contributed by atoms with Crippen LogP contribution < -0.4 is 5.32 Å². The van der Waals surface area contributed by atoms with E-state index < -0.39 is 0 Å². The lowest BCUT2D eigenvalue weighted by atomic mass is 10.0. The van der Waals surface area contributed by atoms with E-state index in [2.05, 4.69) is 27.5 Å². The summed E-state index contributed by atoms with van der Waals surface area (Å²) in [5.41, 5.74) is 2.31. The standard InChI is InChI=1S/C12H20N4O/c1-8-11(9(2)15-14-8)12(17)13-10-4-6-16(3)7-5-10/h10H,4-7H2,1-3H3,(H,13,17)(H,14,15). The third kappa shape index (κ3) is 2.66. The first-order valence-corrected chi connectivity index (χ1v) is 6.09. The molecule has 5 heteroatoms. The predicted octanol–water partition coefficient (Wildman–Crippen LogP) is 0.851. The maximum absolute atomic E-state index is 12.1. The lowest BCUT2D eigenvalue weighted by Gasteiger charge is -2.29. The van der Waals surface area contributed by atoms with Gasteiger partial charge in [0.15, 0.2) is 0 Å². The molecule has 0 aliphatic carbocycles. The fourth-order valence-electron chi connectivity index (χ4n) is 2.30. The van der Waals surface area contributed by atoms with Gasteiger partial charge in [-0.05, 0) is 46.8 Å². The van der Waals surface area contributed by atoms with Crippen LogP contribution in [-0.2, 0) is 0 Å². The summed E-state index contributed by atoms with van der Waals surface area (Å²) in [4.78, 5) is 14.4. The van der Waals surface area contributed by atoms with Crippen LogP contribution in [0.25, 0.3) is 0 Å². The van der Waals surface area contributed by atoms with Gasteiger partial charge in [-0.3, -0.25) is 9.89 Å². The monoisotopic (exact) mass is 236 g/mol. The molecule has 5 nitrogen and oxygen atoms in total. The summed E-state index contributed by atoms with van der Waals surface area (Å²) in [6.45, 7) is 5.83. The van der Waals surface area contributed by atoms with Crippen LogP contribution in [0.2, 0.25) is 0 Å². The number of rotatable bonds is 2. The highest BCUT2D eigenvalue weighted by atomic mass is 16.1. The molecule has 1 aromatic rings. The average molecular weight is 236 g/mol. The van der Waals surface area contributed by atoms with Crippen molar-refractivity contribution in [2.45, 2.75) is 32.7 Å². The molecule has 1 aromatic heterocycles. The molecule has 2 rings (SSSR count). The molecule has 94 valence electrons. The quantitative estimate of drug-likeness (QED) is 0.800. The van der Waals surface area contributed by atoms with Gasteiger partial charge < -0.3 is 10.2 Å². The summed E-state index contributed by atoms with van der Waals surface area (Å²) in [6, 6.07) is 0.299. The van der Waals surface area contributed by atoms with Crippen molar-refractivity contribution < 1.29 is 4.79 Å². The summed E-state index contributed by atoms with van der Waals surface area (Å²) >= 11 is 0. The number of aromatic amines is 1. The van der Waals surface area contributed by atoms with Crippen molar-refractivity contribution in [1.82, 2.24) is 20.4 Å². The molecule has 0 radical (unpaired) electrons. The van der Waals surface area contributed by atoms with Gasteiger partial charge in [-0.2, -0.15) is 5.10 Å². The number of hydrogen-bond acceptors (Lipinski definition) is 3. The van der Waals surface area contributed by atoms with Crippen LogP contribution in [-0.4, -0.2) is 47.2 Å². The Bertz CT molecular complexity index is 385. The van der Waals surface area contributed by atoms with E-state index in [9.17, 15) is 4.79 Å². The molecule has 0 unspecified atom stereocenters. The molecule has 0 atom stereocenters. The molecular formula is C12H20N4O. The topological polar surface area (TPSA) is 61.0 Å². The summed E-state index contributed by atoms with van der Waals surface area (Å²) in [5.74, 6) is 0.00306. The Hall–Kier alpha value is -1.36. The first-order valence-electron chi connectivity index (χ1n) is 6.09. The molecule has 0 spiro atoms. The number of nitrogens with one attached hydrogen (secondary N) is 2. The van der Waals surface area contributed by atoms with Crippen LogP contribution in [0.4, 0.5) is 0 Å². The van der Waals surface area contributed by atoms with Crippen molar-refractivity contribution in [3.63, 3.8) is 0 Å². The van der Waals surface area contributed by atoms with Crippen LogP contribution in [0.3, 0.4) is 0 Å². The van der Waals surface area contributed by atoms with Crippen LogP contribution in [0.15, 0.2) is 0 Å². The van der Waals surface area contributed by atoms with E-state index in [1.54, 1.807) is 0 Å². The van der Waals surface area contributed by atoms with E-state index in [4.69, 9.17) is 0 Å². The molecule has 1 saturated heterocycles. The van der Waals surface area contributed by atoms with Gasteiger partial charge in [0.2, 0.25) is 0 Å². The highest BCUT2D eigenvalue weighted by Crippen LogP contribution is 2.12. The third-order valence-electron chi connectivity index (χ3n) is 3.41. The Morgan fingerprint density at radius 3 is 2.59 bits per heavy atom. The Morgan fingerprint density at radius 2 is 2.06 bits per heavy atom. The van der Waals surface area contributed by atoms with Crippen molar-refractivity contribution in [2.75, 3.05) is 20.1 Å². The van der Waals surface area contributed by atoms with E-state index in [0.717, 1.165) is 37.3 Å². The first kappa shape index (κ1) is 12.1. The average Bonchev–Trinajstić information content (AvgIpc) is 2.62. The summed E-state index contributed by atoms with van der Waals surface area (Å²) < 4.78 is 0. The van der Waals surface area contributed by atoms with Gasteiger partial charge in [0.1, 0.15) is 0 Å². The van der Waals surface area contributed by atoms with Gasteiger partial charge in [0.05, 0.1) is 11.3 Å². The second-order valence-corrected chi connectivity index (χ2v) is 4.86. The Kier molecular flexibility index (Phi) is 3.47. The van der Waals surface area contributed by atoms with Gasteiger partial charge in [-0.15, -0.1) is 0 Å². The third-order valence-corrected chi connectivity index (χ3v) is 3.41. The summed E-state index contributed by atoms with van der Waals surface area (Å²) in [6.07, 6.45) is 2.05. The van der Waals surface area contributed by atoms with Crippen molar-refractivity contribution in [1.29, 1.82) is 0 Å². The zero-order chi connectivity index (χ0) is 12.4. The van der Waals surface area contributed by atoms with Crippen LogP contribution in [0, 0.1) is 13.8 Å². The maximum Gasteiger partial charge on any atom is 0.255 e. The number of aromatic nitrogens is 2. The molecule has 2 heterocycles. The smallest absolute Gasteiger partial charge is 0.255 e. The highest BCUT2D eigenvalue weighted by molar-refractivity contribution is 5.96. The Balaban J connectivity index is 1.98. The van der Waals surface area contributed by atoms with E-state index in [0.29, 0.717) is 11.6 Å². The Labute approximate surface area is 102 Å². The number of carbonyl (C=O) groups is 1. The summed E-state index contributed by atoms with van der Waals surface area (Å²) in [5, 5.41) is 9.99. The van der Waals surface area contributed by atoms with E-state index >= 15 is 0 Å². The number of likely N-dealkylation sites (tertiary alicyclic amines) is 1. The normalized spacial score (nSPS) is 18.3. The summed E-state index contributed by atoms with van der Waals surface area (Å²) in [7, 11) is 2.11. The van der Waals surface area contributed by atoms with Crippen LogP contribution in [0.1, 0.15) is 34.6 Å². The second kappa shape index (κ2) is 4.87. The first-order chi connectivity index (χ1) is 8.08. The zero-order valence-electron chi connectivity index (χ0n) is 10.7. The number of piperidine rings is 1. The van der Waals surface area contributed by atoms with Gasteiger partial charge in [0.25, 0.3) is 5.91 Å². The van der Waals surface area contributed by atoms with Crippen molar-refractivity contribution in [3.8, 4) is 0 Å². The van der Waals surface area contributed by atoms with E-state index in [1.165, 1.54) is 0 Å². The largest absolute Gasteiger partial charge is 0.349 e.